The molecule has 2 heterocycles. The first kappa shape index (κ1) is 14.3. The molecule has 0 aromatic rings. The lowest BCUT2D eigenvalue weighted by atomic mass is 9.93. The largest absolute Gasteiger partial charge is 0.481 e. The van der Waals surface area contributed by atoms with Crippen LogP contribution in [-0.2, 0) is 9.59 Å². The molecule has 1 amide bonds. The maximum atomic E-state index is 11.7. The fraction of sp³-hybridized carbons (Fsp3) is 0.857. The molecular formula is C14H24N2O3. The molecule has 1 unspecified atom stereocenters. The number of aliphatic carboxylic acids is 1. The molecule has 5 heteroatoms. The van der Waals surface area contributed by atoms with E-state index in [0.29, 0.717) is 12.5 Å². The molecule has 2 fully saturated rings. The van der Waals surface area contributed by atoms with Crippen molar-refractivity contribution in [2.24, 2.45) is 11.8 Å². The molecule has 2 saturated heterocycles. The lowest BCUT2D eigenvalue weighted by molar-refractivity contribution is -0.141. The van der Waals surface area contributed by atoms with Crippen molar-refractivity contribution in [1.29, 1.82) is 0 Å². The van der Waals surface area contributed by atoms with Crippen LogP contribution in [0.25, 0.3) is 0 Å². The van der Waals surface area contributed by atoms with Gasteiger partial charge < -0.3 is 14.9 Å². The maximum Gasteiger partial charge on any atom is 0.308 e. The van der Waals surface area contributed by atoms with Crippen molar-refractivity contribution in [3.05, 3.63) is 0 Å². The molecule has 0 saturated carbocycles. The molecule has 0 radical (unpaired) electrons. The Morgan fingerprint density at radius 1 is 1.37 bits per heavy atom. The van der Waals surface area contributed by atoms with Crippen LogP contribution in [0.3, 0.4) is 0 Å². The monoisotopic (exact) mass is 268 g/mol. The summed E-state index contributed by atoms with van der Waals surface area (Å²) in [7, 11) is 0. The van der Waals surface area contributed by atoms with Gasteiger partial charge in [-0.25, -0.2) is 0 Å². The van der Waals surface area contributed by atoms with Gasteiger partial charge in [0.1, 0.15) is 0 Å². The van der Waals surface area contributed by atoms with Crippen molar-refractivity contribution in [3.8, 4) is 0 Å². The van der Waals surface area contributed by atoms with Gasteiger partial charge in [0.25, 0.3) is 0 Å². The number of carbonyl (C=O) groups is 2. The number of rotatable bonds is 5. The Labute approximate surface area is 114 Å². The summed E-state index contributed by atoms with van der Waals surface area (Å²) >= 11 is 0. The highest BCUT2D eigenvalue weighted by Crippen LogP contribution is 2.23. The highest BCUT2D eigenvalue weighted by molar-refractivity contribution is 5.86. The van der Waals surface area contributed by atoms with E-state index in [1.54, 1.807) is 4.90 Å². The summed E-state index contributed by atoms with van der Waals surface area (Å²) in [5.41, 5.74) is 0. The molecule has 0 aliphatic carbocycles. The summed E-state index contributed by atoms with van der Waals surface area (Å²) in [5, 5.41) is 8.94. The van der Waals surface area contributed by atoms with Crippen LogP contribution in [-0.4, -0.2) is 59.5 Å². The Hall–Kier alpha value is -1.10. The third-order valence-electron chi connectivity index (χ3n) is 4.53. The molecule has 108 valence electrons. The maximum absolute atomic E-state index is 11.7. The lowest BCUT2D eigenvalue weighted by Crippen LogP contribution is -2.35. The second-order valence-electron chi connectivity index (χ2n) is 5.75. The molecule has 2 aliphatic heterocycles. The van der Waals surface area contributed by atoms with Crippen molar-refractivity contribution in [2.45, 2.75) is 32.6 Å². The average Bonchev–Trinajstić information content (AvgIpc) is 2.79. The molecule has 1 N–H and O–H groups in total. The Bertz CT molecular complexity index is 338. The quantitative estimate of drug-likeness (QED) is 0.809. The summed E-state index contributed by atoms with van der Waals surface area (Å²) in [6, 6.07) is 0. The molecule has 2 aliphatic rings. The van der Waals surface area contributed by atoms with Crippen LogP contribution in [0.4, 0.5) is 0 Å². The molecule has 0 spiro atoms. The summed E-state index contributed by atoms with van der Waals surface area (Å²) in [5.74, 6) is -0.626. The SMILES string of the molecule is CCN1CCC(CCN2CC(C(=O)O)CC2=O)CC1. The number of hydrogen-bond donors (Lipinski definition) is 1. The van der Waals surface area contributed by atoms with Gasteiger partial charge in [-0.2, -0.15) is 0 Å². The normalized spacial score (nSPS) is 26.1. The number of nitrogens with zero attached hydrogens (tertiary/aromatic N) is 2. The van der Waals surface area contributed by atoms with Gasteiger partial charge in [0, 0.05) is 19.5 Å². The van der Waals surface area contributed by atoms with E-state index in [-0.39, 0.29) is 12.3 Å². The predicted molar refractivity (Wildman–Crippen MR) is 71.8 cm³/mol. The zero-order chi connectivity index (χ0) is 13.8. The molecule has 1 atom stereocenters. The Balaban J connectivity index is 1.71. The zero-order valence-electron chi connectivity index (χ0n) is 11.7. The van der Waals surface area contributed by atoms with Crippen LogP contribution in [0.5, 0.6) is 0 Å². The molecule has 0 bridgehead atoms. The van der Waals surface area contributed by atoms with E-state index in [1.165, 1.54) is 12.8 Å². The van der Waals surface area contributed by atoms with Crippen molar-refractivity contribution >= 4 is 11.9 Å². The number of carbonyl (C=O) groups excluding carboxylic acids is 1. The van der Waals surface area contributed by atoms with E-state index in [0.717, 1.165) is 32.6 Å². The van der Waals surface area contributed by atoms with E-state index >= 15 is 0 Å². The average molecular weight is 268 g/mol. The summed E-state index contributed by atoms with van der Waals surface area (Å²) in [4.78, 5) is 26.8. The molecular weight excluding hydrogens is 244 g/mol. The first-order valence-electron chi connectivity index (χ1n) is 7.33. The van der Waals surface area contributed by atoms with Crippen LogP contribution < -0.4 is 0 Å². The molecule has 0 aromatic heterocycles. The van der Waals surface area contributed by atoms with Crippen LogP contribution >= 0.6 is 0 Å². The fourth-order valence-corrected chi connectivity index (χ4v) is 3.08. The minimum atomic E-state index is -0.841. The van der Waals surface area contributed by atoms with Crippen molar-refractivity contribution in [1.82, 2.24) is 9.80 Å². The lowest BCUT2D eigenvalue weighted by Gasteiger charge is -2.31. The number of carboxylic acids is 1. The van der Waals surface area contributed by atoms with E-state index in [2.05, 4.69) is 11.8 Å². The van der Waals surface area contributed by atoms with Gasteiger partial charge in [0.2, 0.25) is 5.91 Å². The van der Waals surface area contributed by atoms with E-state index < -0.39 is 11.9 Å². The van der Waals surface area contributed by atoms with Gasteiger partial charge in [-0.3, -0.25) is 9.59 Å². The molecule has 2 rings (SSSR count). The van der Waals surface area contributed by atoms with Crippen molar-refractivity contribution < 1.29 is 14.7 Å². The Morgan fingerprint density at radius 2 is 2.05 bits per heavy atom. The van der Waals surface area contributed by atoms with Gasteiger partial charge in [-0.05, 0) is 44.8 Å². The standard InChI is InChI=1S/C14H24N2O3/c1-2-15-6-3-11(4-7-15)5-8-16-10-12(14(18)19)9-13(16)17/h11-12H,2-10H2,1H3,(H,18,19). The highest BCUT2D eigenvalue weighted by Gasteiger charge is 2.34. The van der Waals surface area contributed by atoms with E-state index in [9.17, 15) is 9.59 Å². The summed E-state index contributed by atoms with van der Waals surface area (Å²) < 4.78 is 0. The van der Waals surface area contributed by atoms with Crippen LogP contribution in [0, 0.1) is 11.8 Å². The molecule has 19 heavy (non-hydrogen) atoms. The first-order valence-corrected chi connectivity index (χ1v) is 7.33. The minimum absolute atomic E-state index is 0.0124. The second-order valence-corrected chi connectivity index (χ2v) is 5.75. The first-order chi connectivity index (χ1) is 9.10. The van der Waals surface area contributed by atoms with Gasteiger partial charge in [0.15, 0.2) is 0 Å². The fourth-order valence-electron chi connectivity index (χ4n) is 3.08. The van der Waals surface area contributed by atoms with Crippen LogP contribution in [0.1, 0.15) is 32.6 Å². The topological polar surface area (TPSA) is 60.9 Å². The number of piperidine rings is 1. The summed E-state index contributed by atoms with van der Waals surface area (Å²) in [6.45, 7) is 6.77. The van der Waals surface area contributed by atoms with Gasteiger partial charge in [0.05, 0.1) is 5.92 Å². The Kier molecular flexibility index (Phi) is 4.80. The predicted octanol–water partition coefficient (Wildman–Crippen LogP) is 1.04. The van der Waals surface area contributed by atoms with E-state index in [1.807, 2.05) is 0 Å². The van der Waals surface area contributed by atoms with Crippen LogP contribution in [0.2, 0.25) is 0 Å². The third kappa shape index (κ3) is 3.69. The smallest absolute Gasteiger partial charge is 0.308 e. The molecule has 5 nitrogen and oxygen atoms in total. The van der Waals surface area contributed by atoms with E-state index in [4.69, 9.17) is 5.11 Å². The number of carboxylic acid groups (broad SMARTS) is 1. The highest BCUT2D eigenvalue weighted by atomic mass is 16.4. The minimum Gasteiger partial charge on any atom is -0.481 e. The van der Waals surface area contributed by atoms with Gasteiger partial charge >= 0.3 is 5.97 Å². The summed E-state index contributed by atoms with van der Waals surface area (Å²) in [6.07, 6.45) is 3.62. The number of hydrogen-bond acceptors (Lipinski definition) is 3. The van der Waals surface area contributed by atoms with Crippen molar-refractivity contribution in [2.75, 3.05) is 32.7 Å². The van der Waals surface area contributed by atoms with Crippen molar-refractivity contribution in [3.63, 3.8) is 0 Å². The molecule has 0 aromatic carbocycles. The number of amides is 1. The second kappa shape index (κ2) is 6.37. The number of likely N-dealkylation sites (tertiary alicyclic amines) is 2. The Morgan fingerprint density at radius 3 is 2.58 bits per heavy atom. The van der Waals surface area contributed by atoms with Crippen LogP contribution in [0.15, 0.2) is 0 Å². The van der Waals surface area contributed by atoms with Gasteiger partial charge in [-0.15, -0.1) is 0 Å². The zero-order valence-corrected chi connectivity index (χ0v) is 11.7. The van der Waals surface area contributed by atoms with Gasteiger partial charge in [-0.1, -0.05) is 6.92 Å². The third-order valence-corrected chi connectivity index (χ3v) is 4.53.